The first-order chi connectivity index (χ1) is 7.50. The van der Waals surface area contributed by atoms with Crippen LogP contribution in [0.3, 0.4) is 0 Å². The number of nitrogens with zero attached hydrogens (tertiary/aromatic N) is 1. The molecule has 1 aromatic heterocycles. The van der Waals surface area contributed by atoms with Gasteiger partial charge in [0.2, 0.25) is 5.88 Å². The van der Waals surface area contributed by atoms with Crippen LogP contribution >= 0.6 is 15.9 Å². The Labute approximate surface area is 97.5 Å². The van der Waals surface area contributed by atoms with E-state index in [1.54, 1.807) is 0 Å². The van der Waals surface area contributed by atoms with Crippen LogP contribution in [0.4, 0.5) is 30.7 Å². The van der Waals surface area contributed by atoms with Crippen LogP contribution in [0.25, 0.3) is 0 Å². The SMILES string of the molecule is Fc1cc(C(F)(F)F)nc(OC(F)(F)F)c1Br. The quantitative estimate of drug-likeness (QED) is 0.730. The molecule has 0 aromatic carbocycles. The van der Waals surface area contributed by atoms with Gasteiger partial charge in [0.15, 0.2) is 5.69 Å². The Kier molecular flexibility index (Phi) is 3.55. The Hall–Kier alpha value is -1.06. The molecule has 2 nitrogen and oxygen atoms in total. The average molecular weight is 328 g/mol. The van der Waals surface area contributed by atoms with Gasteiger partial charge in [-0.1, -0.05) is 0 Å². The van der Waals surface area contributed by atoms with Crippen LogP contribution < -0.4 is 4.74 Å². The van der Waals surface area contributed by atoms with E-state index in [1.165, 1.54) is 0 Å². The van der Waals surface area contributed by atoms with E-state index < -0.39 is 34.4 Å². The van der Waals surface area contributed by atoms with Gasteiger partial charge in [-0.05, 0) is 15.9 Å². The number of halogens is 8. The molecule has 0 saturated heterocycles. The lowest BCUT2D eigenvalue weighted by Gasteiger charge is -2.12. The van der Waals surface area contributed by atoms with Gasteiger partial charge in [-0.3, -0.25) is 0 Å². The molecule has 0 unspecified atom stereocenters. The van der Waals surface area contributed by atoms with Crippen molar-refractivity contribution in [3.8, 4) is 5.88 Å². The molecular formula is C7HBrF7NO. The summed E-state index contributed by atoms with van der Waals surface area (Å²) in [5, 5.41) is 0. The molecule has 0 aliphatic rings. The molecule has 0 N–H and O–H groups in total. The van der Waals surface area contributed by atoms with Gasteiger partial charge >= 0.3 is 12.5 Å². The zero-order valence-corrected chi connectivity index (χ0v) is 9.04. The van der Waals surface area contributed by atoms with E-state index in [1.807, 2.05) is 0 Å². The van der Waals surface area contributed by atoms with E-state index in [4.69, 9.17) is 0 Å². The van der Waals surface area contributed by atoms with Crippen LogP contribution in [0.1, 0.15) is 5.69 Å². The average Bonchev–Trinajstić information content (AvgIpc) is 2.08. The summed E-state index contributed by atoms with van der Waals surface area (Å²) in [4.78, 5) is 2.54. The molecule has 17 heavy (non-hydrogen) atoms. The Bertz CT molecular complexity index is 427. The fourth-order valence-electron chi connectivity index (χ4n) is 0.799. The Morgan fingerprint density at radius 2 is 1.65 bits per heavy atom. The van der Waals surface area contributed by atoms with Crippen molar-refractivity contribution >= 4 is 15.9 Å². The first-order valence-electron chi connectivity index (χ1n) is 3.69. The van der Waals surface area contributed by atoms with E-state index in [2.05, 4.69) is 25.7 Å². The van der Waals surface area contributed by atoms with Crippen molar-refractivity contribution < 1.29 is 35.5 Å². The predicted octanol–water partition coefficient (Wildman–Crippen LogP) is 3.90. The zero-order chi connectivity index (χ0) is 13.4. The van der Waals surface area contributed by atoms with Crippen molar-refractivity contribution in [1.29, 1.82) is 0 Å². The van der Waals surface area contributed by atoms with Crippen LogP contribution in [0.5, 0.6) is 5.88 Å². The molecule has 0 bridgehead atoms. The summed E-state index contributed by atoms with van der Waals surface area (Å²) in [5.41, 5.74) is -1.82. The Morgan fingerprint density at radius 3 is 2.06 bits per heavy atom. The van der Waals surface area contributed by atoms with Gasteiger partial charge in [0.1, 0.15) is 10.3 Å². The molecule has 0 saturated carbocycles. The monoisotopic (exact) mass is 327 g/mol. The maximum absolute atomic E-state index is 12.9. The summed E-state index contributed by atoms with van der Waals surface area (Å²) < 4.78 is 86.9. The molecule has 1 aromatic rings. The third-order valence-corrected chi connectivity index (χ3v) is 2.10. The lowest BCUT2D eigenvalue weighted by Crippen LogP contribution is -2.20. The highest BCUT2D eigenvalue weighted by molar-refractivity contribution is 9.10. The van der Waals surface area contributed by atoms with Gasteiger partial charge in [-0.2, -0.15) is 13.2 Å². The molecule has 0 fully saturated rings. The topological polar surface area (TPSA) is 22.1 Å². The maximum atomic E-state index is 12.9. The van der Waals surface area contributed by atoms with Crippen LogP contribution in [-0.4, -0.2) is 11.3 Å². The third-order valence-electron chi connectivity index (χ3n) is 1.39. The van der Waals surface area contributed by atoms with Crippen molar-refractivity contribution in [3.63, 3.8) is 0 Å². The van der Waals surface area contributed by atoms with Gasteiger partial charge in [0.25, 0.3) is 0 Å². The maximum Gasteiger partial charge on any atom is 0.574 e. The smallest absolute Gasteiger partial charge is 0.387 e. The van der Waals surface area contributed by atoms with Crippen LogP contribution in [0.15, 0.2) is 10.5 Å². The van der Waals surface area contributed by atoms with Crippen LogP contribution in [0.2, 0.25) is 0 Å². The second-order valence-corrected chi connectivity index (χ2v) is 3.45. The highest BCUT2D eigenvalue weighted by Gasteiger charge is 2.38. The zero-order valence-electron chi connectivity index (χ0n) is 7.46. The van der Waals surface area contributed by atoms with Gasteiger partial charge < -0.3 is 4.74 Å². The third kappa shape index (κ3) is 3.72. The first kappa shape index (κ1) is 14.0. The summed E-state index contributed by atoms with van der Waals surface area (Å²) in [6.45, 7) is 0. The summed E-state index contributed by atoms with van der Waals surface area (Å²) in [6.07, 6.45) is -10.3. The number of ether oxygens (including phenoxy) is 1. The first-order valence-corrected chi connectivity index (χ1v) is 4.49. The highest BCUT2D eigenvalue weighted by Crippen LogP contribution is 2.35. The lowest BCUT2D eigenvalue weighted by atomic mass is 10.3. The fourth-order valence-corrected chi connectivity index (χ4v) is 1.08. The standard InChI is InChI=1S/C7HBrF7NO/c8-4-2(9)1-3(6(10,11)12)16-5(4)17-7(13,14)15/h1H. The van der Waals surface area contributed by atoms with Crippen molar-refractivity contribution in [2.24, 2.45) is 0 Å². The number of pyridine rings is 1. The molecule has 96 valence electrons. The molecule has 0 atom stereocenters. The molecule has 10 heteroatoms. The van der Waals surface area contributed by atoms with E-state index in [0.717, 1.165) is 0 Å². The summed E-state index contributed by atoms with van der Waals surface area (Å²) in [5.74, 6) is -3.10. The molecule has 0 aliphatic carbocycles. The minimum atomic E-state index is -5.27. The van der Waals surface area contributed by atoms with Crippen LogP contribution in [0, 0.1) is 5.82 Å². The minimum absolute atomic E-state index is 0.0483. The van der Waals surface area contributed by atoms with E-state index in [9.17, 15) is 30.7 Å². The Morgan fingerprint density at radius 1 is 1.12 bits per heavy atom. The number of alkyl halides is 6. The van der Waals surface area contributed by atoms with Crippen molar-refractivity contribution in [2.45, 2.75) is 12.5 Å². The summed E-state index contributed by atoms with van der Waals surface area (Å²) in [6, 6.07) is -0.0483. The largest absolute Gasteiger partial charge is 0.574 e. The second kappa shape index (κ2) is 4.31. The Balaban J connectivity index is 3.26. The van der Waals surface area contributed by atoms with E-state index >= 15 is 0 Å². The summed E-state index contributed by atoms with van der Waals surface area (Å²) >= 11 is 2.30. The lowest BCUT2D eigenvalue weighted by molar-refractivity contribution is -0.276. The second-order valence-electron chi connectivity index (χ2n) is 2.65. The normalized spacial score (nSPS) is 12.7. The van der Waals surface area contributed by atoms with Crippen molar-refractivity contribution in [1.82, 2.24) is 4.98 Å². The molecule has 0 radical (unpaired) electrons. The molecular weight excluding hydrogens is 327 g/mol. The predicted molar refractivity (Wildman–Crippen MR) is 43.6 cm³/mol. The van der Waals surface area contributed by atoms with Gasteiger partial charge in [0.05, 0.1) is 0 Å². The molecule has 1 heterocycles. The van der Waals surface area contributed by atoms with Crippen molar-refractivity contribution in [3.05, 3.63) is 22.1 Å². The van der Waals surface area contributed by atoms with Crippen molar-refractivity contribution in [2.75, 3.05) is 0 Å². The number of aromatic nitrogens is 1. The van der Waals surface area contributed by atoms with Gasteiger partial charge in [-0.25, -0.2) is 9.37 Å². The number of hydrogen-bond acceptors (Lipinski definition) is 2. The van der Waals surface area contributed by atoms with Gasteiger partial charge in [-0.15, -0.1) is 13.2 Å². The van der Waals surface area contributed by atoms with E-state index in [0.29, 0.717) is 0 Å². The number of hydrogen-bond donors (Lipinski definition) is 0. The highest BCUT2D eigenvalue weighted by atomic mass is 79.9. The van der Waals surface area contributed by atoms with Crippen LogP contribution in [-0.2, 0) is 6.18 Å². The molecule has 0 aliphatic heterocycles. The minimum Gasteiger partial charge on any atom is -0.387 e. The van der Waals surface area contributed by atoms with E-state index in [-0.39, 0.29) is 6.07 Å². The molecule has 1 rings (SSSR count). The molecule has 0 spiro atoms. The molecule has 0 amide bonds. The fraction of sp³-hybridized carbons (Fsp3) is 0.286. The number of rotatable bonds is 1. The van der Waals surface area contributed by atoms with Gasteiger partial charge in [0, 0.05) is 6.07 Å². The summed E-state index contributed by atoms with van der Waals surface area (Å²) in [7, 11) is 0.